The van der Waals surface area contributed by atoms with Crippen LogP contribution in [0.3, 0.4) is 0 Å². The molecule has 1 aliphatic heterocycles. The van der Waals surface area contributed by atoms with Crippen molar-refractivity contribution in [1.82, 2.24) is 9.80 Å². The van der Waals surface area contributed by atoms with Crippen LogP contribution in [-0.2, 0) is 16.0 Å². The van der Waals surface area contributed by atoms with Gasteiger partial charge in [-0.3, -0.25) is 9.59 Å². The first kappa shape index (κ1) is 25.6. The molecule has 6 nitrogen and oxygen atoms in total. The summed E-state index contributed by atoms with van der Waals surface area (Å²) in [6.07, 6.45) is 1.36. The van der Waals surface area contributed by atoms with Crippen LogP contribution in [-0.4, -0.2) is 61.0 Å². The van der Waals surface area contributed by atoms with Crippen LogP contribution in [0, 0.1) is 6.92 Å². The van der Waals surface area contributed by atoms with Gasteiger partial charge >= 0.3 is 0 Å². The Balaban J connectivity index is 1.53. The normalized spacial score (nSPS) is 15.1. The third-order valence-electron chi connectivity index (χ3n) is 6.39. The van der Waals surface area contributed by atoms with E-state index in [0.717, 1.165) is 34.6 Å². The highest BCUT2D eigenvalue weighted by Crippen LogP contribution is 2.28. The van der Waals surface area contributed by atoms with Crippen LogP contribution in [0.4, 0.5) is 0 Å². The lowest BCUT2D eigenvalue weighted by Crippen LogP contribution is -2.43. The molecule has 2 amide bonds. The molecule has 1 atom stereocenters. The Morgan fingerprint density at radius 1 is 0.941 bits per heavy atom. The first-order valence-corrected chi connectivity index (χ1v) is 12.2. The lowest BCUT2D eigenvalue weighted by atomic mass is 10.0. The molecular formula is C28H38N2O4. The van der Waals surface area contributed by atoms with E-state index in [-0.39, 0.29) is 11.8 Å². The topological polar surface area (TPSA) is 59.1 Å². The predicted molar refractivity (Wildman–Crippen MR) is 134 cm³/mol. The van der Waals surface area contributed by atoms with E-state index in [1.807, 2.05) is 54.0 Å². The number of hydrogen-bond donors (Lipinski definition) is 0. The fourth-order valence-electron chi connectivity index (χ4n) is 4.31. The van der Waals surface area contributed by atoms with E-state index in [1.165, 1.54) is 0 Å². The number of amides is 2. The summed E-state index contributed by atoms with van der Waals surface area (Å²) in [5.74, 6) is 2.02. The van der Waals surface area contributed by atoms with E-state index in [0.29, 0.717) is 44.9 Å². The maximum absolute atomic E-state index is 13.1. The van der Waals surface area contributed by atoms with Crippen molar-refractivity contribution < 1.29 is 19.1 Å². The number of carbonyl (C=O) groups is 2. The molecule has 2 aromatic carbocycles. The summed E-state index contributed by atoms with van der Waals surface area (Å²) in [6.45, 7) is 10.5. The van der Waals surface area contributed by atoms with Crippen molar-refractivity contribution >= 4 is 11.8 Å². The second kappa shape index (κ2) is 11.9. The fourth-order valence-corrected chi connectivity index (χ4v) is 4.31. The molecule has 1 unspecified atom stereocenters. The van der Waals surface area contributed by atoms with E-state index in [1.54, 1.807) is 7.11 Å². The molecule has 0 radical (unpaired) electrons. The van der Waals surface area contributed by atoms with Gasteiger partial charge in [0.05, 0.1) is 7.11 Å². The highest BCUT2D eigenvalue weighted by atomic mass is 16.5. The third-order valence-corrected chi connectivity index (χ3v) is 6.39. The van der Waals surface area contributed by atoms with Gasteiger partial charge in [0, 0.05) is 32.6 Å². The zero-order valence-electron chi connectivity index (χ0n) is 21.2. The molecule has 184 valence electrons. The molecule has 3 rings (SSSR count). The number of nitrogens with zero attached hydrogens (tertiary/aromatic N) is 2. The first-order valence-electron chi connectivity index (χ1n) is 12.2. The molecule has 1 fully saturated rings. The van der Waals surface area contributed by atoms with E-state index in [4.69, 9.17) is 9.47 Å². The lowest BCUT2D eigenvalue weighted by Gasteiger charge is -2.26. The molecule has 34 heavy (non-hydrogen) atoms. The second-order valence-electron chi connectivity index (χ2n) is 9.36. The second-order valence-corrected chi connectivity index (χ2v) is 9.36. The summed E-state index contributed by atoms with van der Waals surface area (Å²) in [7, 11) is 1.64. The van der Waals surface area contributed by atoms with Crippen LogP contribution in [0.25, 0.3) is 0 Å². The highest BCUT2D eigenvalue weighted by Gasteiger charge is 2.26. The summed E-state index contributed by atoms with van der Waals surface area (Å²) in [6, 6.07) is 14.0. The van der Waals surface area contributed by atoms with Gasteiger partial charge in [0.15, 0.2) is 6.10 Å². The predicted octanol–water partition coefficient (Wildman–Crippen LogP) is 4.59. The molecule has 1 saturated heterocycles. The van der Waals surface area contributed by atoms with Gasteiger partial charge in [0.2, 0.25) is 5.91 Å². The Morgan fingerprint density at radius 3 is 2.29 bits per heavy atom. The van der Waals surface area contributed by atoms with Crippen LogP contribution in [0.15, 0.2) is 42.5 Å². The monoisotopic (exact) mass is 466 g/mol. The van der Waals surface area contributed by atoms with Gasteiger partial charge in [-0.15, -0.1) is 0 Å². The number of methoxy groups -OCH3 is 1. The van der Waals surface area contributed by atoms with Gasteiger partial charge in [0.25, 0.3) is 5.91 Å². The van der Waals surface area contributed by atoms with Crippen molar-refractivity contribution in [2.75, 3.05) is 33.3 Å². The van der Waals surface area contributed by atoms with Crippen molar-refractivity contribution in [2.45, 2.75) is 59.0 Å². The molecule has 0 bridgehead atoms. The minimum absolute atomic E-state index is 0.0243. The number of carbonyl (C=O) groups excluding carboxylic acids is 2. The number of ether oxygens (including phenoxy) is 2. The molecule has 0 N–H and O–H groups in total. The van der Waals surface area contributed by atoms with Crippen molar-refractivity contribution in [3.8, 4) is 11.5 Å². The Hall–Kier alpha value is -3.02. The number of aryl methyl sites for hydroxylation is 2. The van der Waals surface area contributed by atoms with Crippen LogP contribution in [0.2, 0.25) is 0 Å². The van der Waals surface area contributed by atoms with Crippen LogP contribution in [0.1, 0.15) is 56.2 Å². The maximum atomic E-state index is 13.1. The smallest absolute Gasteiger partial charge is 0.263 e. The minimum Gasteiger partial charge on any atom is -0.497 e. The molecule has 0 saturated carbocycles. The quantitative estimate of drug-likeness (QED) is 0.571. The van der Waals surface area contributed by atoms with E-state index >= 15 is 0 Å². The van der Waals surface area contributed by atoms with Gasteiger partial charge in [-0.1, -0.05) is 38.1 Å². The maximum Gasteiger partial charge on any atom is 0.263 e. The first-order chi connectivity index (χ1) is 16.3. The molecular weight excluding hydrogens is 428 g/mol. The Labute approximate surface area is 203 Å². The molecule has 0 aliphatic carbocycles. The molecule has 6 heteroatoms. The van der Waals surface area contributed by atoms with Gasteiger partial charge in [-0.05, 0) is 67.5 Å². The largest absolute Gasteiger partial charge is 0.497 e. The minimum atomic E-state index is -0.573. The SMILES string of the molecule is COc1ccc(CCC(=O)N2CCCN(C(=O)C(C)Oc3cc(C)ccc3C(C)C)CC2)cc1. The summed E-state index contributed by atoms with van der Waals surface area (Å²) >= 11 is 0. The number of hydrogen-bond acceptors (Lipinski definition) is 4. The third kappa shape index (κ3) is 6.75. The average Bonchev–Trinajstić information content (AvgIpc) is 3.08. The molecule has 1 heterocycles. The summed E-state index contributed by atoms with van der Waals surface area (Å²) in [5.41, 5.74) is 3.33. The average molecular weight is 467 g/mol. The van der Waals surface area contributed by atoms with Crippen LogP contribution >= 0.6 is 0 Å². The molecule has 0 aromatic heterocycles. The standard InChI is InChI=1S/C28H38N2O4/c1-20(2)25-13-7-21(3)19-26(25)34-22(4)28(32)30-16-6-15-29(17-18-30)27(31)14-10-23-8-11-24(33-5)12-9-23/h7-9,11-13,19-20,22H,6,10,14-18H2,1-5H3. The fraction of sp³-hybridized carbons (Fsp3) is 0.500. The summed E-state index contributed by atoms with van der Waals surface area (Å²) in [5, 5.41) is 0. The van der Waals surface area contributed by atoms with E-state index in [9.17, 15) is 9.59 Å². The van der Waals surface area contributed by atoms with Crippen molar-refractivity contribution in [2.24, 2.45) is 0 Å². The zero-order chi connectivity index (χ0) is 24.7. The molecule has 0 spiro atoms. The van der Waals surface area contributed by atoms with Gasteiger partial charge in [-0.25, -0.2) is 0 Å². The number of rotatable bonds is 8. The van der Waals surface area contributed by atoms with Gasteiger partial charge in [0.1, 0.15) is 11.5 Å². The van der Waals surface area contributed by atoms with Gasteiger partial charge in [-0.2, -0.15) is 0 Å². The Morgan fingerprint density at radius 2 is 1.62 bits per heavy atom. The van der Waals surface area contributed by atoms with E-state index in [2.05, 4.69) is 26.0 Å². The van der Waals surface area contributed by atoms with E-state index < -0.39 is 6.10 Å². The number of benzene rings is 2. The molecule has 1 aliphatic rings. The summed E-state index contributed by atoms with van der Waals surface area (Å²) < 4.78 is 11.3. The van der Waals surface area contributed by atoms with Crippen molar-refractivity contribution in [3.63, 3.8) is 0 Å². The van der Waals surface area contributed by atoms with Crippen LogP contribution in [0.5, 0.6) is 11.5 Å². The Kier molecular flexibility index (Phi) is 8.97. The summed E-state index contributed by atoms with van der Waals surface area (Å²) in [4.78, 5) is 29.7. The zero-order valence-corrected chi connectivity index (χ0v) is 21.2. The van der Waals surface area contributed by atoms with Crippen molar-refractivity contribution in [3.05, 3.63) is 59.2 Å². The lowest BCUT2D eigenvalue weighted by molar-refractivity contribution is -0.138. The molecule has 2 aromatic rings. The van der Waals surface area contributed by atoms with Crippen molar-refractivity contribution in [1.29, 1.82) is 0 Å². The van der Waals surface area contributed by atoms with Gasteiger partial charge < -0.3 is 19.3 Å². The highest BCUT2D eigenvalue weighted by molar-refractivity contribution is 5.81. The Bertz CT molecular complexity index is 971. The van der Waals surface area contributed by atoms with Crippen LogP contribution < -0.4 is 9.47 Å².